The van der Waals surface area contributed by atoms with Crippen molar-refractivity contribution in [2.45, 2.75) is 27.3 Å². The van der Waals surface area contributed by atoms with Gasteiger partial charge in [-0.15, -0.1) is 11.3 Å². The quantitative estimate of drug-likeness (QED) is 0.486. The van der Waals surface area contributed by atoms with Crippen molar-refractivity contribution in [2.24, 2.45) is 0 Å². The Hall–Kier alpha value is -1.71. The van der Waals surface area contributed by atoms with Crippen molar-refractivity contribution in [3.63, 3.8) is 0 Å². The average molecular weight is 326 g/mol. The molecular formula is C20H24NOS+. The lowest BCUT2D eigenvalue weighted by atomic mass is 10.1. The SMILES string of the molecule is CC[N+](CC)(CC)Cc1ccc2sc3ccccc3c(=O)c2c1. The summed E-state index contributed by atoms with van der Waals surface area (Å²) in [5.41, 5.74) is 1.43. The Kier molecular flexibility index (Phi) is 4.51. The van der Waals surface area contributed by atoms with Crippen LogP contribution in [0.4, 0.5) is 0 Å². The molecule has 2 aromatic carbocycles. The molecule has 120 valence electrons. The van der Waals surface area contributed by atoms with Crippen molar-refractivity contribution in [1.82, 2.24) is 0 Å². The van der Waals surface area contributed by atoms with E-state index in [1.165, 1.54) is 5.56 Å². The van der Waals surface area contributed by atoms with E-state index >= 15 is 0 Å². The molecule has 0 N–H and O–H groups in total. The summed E-state index contributed by atoms with van der Waals surface area (Å²) in [6, 6.07) is 14.3. The maximum atomic E-state index is 12.8. The van der Waals surface area contributed by atoms with E-state index in [1.807, 2.05) is 24.3 Å². The average Bonchev–Trinajstić information content (AvgIpc) is 2.60. The second-order valence-corrected chi connectivity index (χ2v) is 7.29. The van der Waals surface area contributed by atoms with Crippen LogP contribution in [-0.2, 0) is 6.54 Å². The third-order valence-corrected chi connectivity index (χ3v) is 6.32. The van der Waals surface area contributed by atoms with Crippen molar-refractivity contribution in [3.05, 3.63) is 58.3 Å². The van der Waals surface area contributed by atoms with Crippen molar-refractivity contribution >= 4 is 31.5 Å². The summed E-state index contributed by atoms with van der Waals surface area (Å²) in [5, 5.41) is 1.71. The minimum absolute atomic E-state index is 0.166. The van der Waals surface area contributed by atoms with Gasteiger partial charge in [-0.1, -0.05) is 18.2 Å². The minimum atomic E-state index is 0.166. The van der Waals surface area contributed by atoms with Gasteiger partial charge in [-0.3, -0.25) is 4.79 Å². The van der Waals surface area contributed by atoms with Gasteiger partial charge in [0.2, 0.25) is 0 Å². The molecule has 0 aliphatic carbocycles. The van der Waals surface area contributed by atoms with Gasteiger partial charge < -0.3 is 4.48 Å². The van der Waals surface area contributed by atoms with Crippen molar-refractivity contribution < 1.29 is 4.48 Å². The fraction of sp³-hybridized carbons (Fsp3) is 0.350. The Labute approximate surface area is 141 Å². The molecule has 0 fully saturated rings. The van der Waals surface area contributed by atoms with Crippen molar-refractivity contribution in [1.29, 1.82) is 0 Å². The Morgan fingerprint density at radius 2 is 1.52 bits per heavy atom. The summed E-state index contributed by atoms with van der Waals surface area (Å²) >= 11 is 1.70. The molecule has 0 saturated carbocycles. The zero-order chi connectivity index (χ0) is 16.4. The lowest BCUT2D eigenvalue weighted by molar-refractivity contribution is -0.936. The molecular weight excluding hydrogens is 302 g/mol. The van der Waals surface area contributed by atoms with Crippen LogP contribution < -0.4 is 5.43 Å². The van der Waals surface area contributed by atoms with Crippen LogP contribution in [0.1, 0.15) is 26.3 Å². The molecule has 0 aliphatic heterocycles. The third-order valence-electron chi connectivity index (χ3n) is 5.17. The molecule has 3 heteroatoms. The molecule has 1 heterocycles. The first-order chi connectivity index (χ1) is 11.1. The van der Waals surface area contributed by atoms with E-state index in [-0.39, 0.29) is 5.43 Å². The molecule has 0 unspecified atom stereocenters. The van der Waals surface area contributed by atoms with Gasteiger partial charge in [-0.25, -0.2) is 0 Å². The van der Waals surface area contributed by atoms with Crippen LogP contribution in [0, 0.1) is 0 Å². The topological polar surface area (TPSA) is 17.1 Å². The van der Waals surface area contributed by atoms with E-state index in [4.69, 9.17) is 0 Å². The summed E-state index contributed by atoms with van der Waals surface area (Å²) in [7, 11) is 0. The predicted molar refractivity (Wildman–Crippen MR) is 101 cm³/mol. The maximum absolute atomic E-state index is 12.8. The molecule has 2 nitrogen and oxygen atoms in total. The fourth-order valence-corrected chi connectivity index (χ4v) is 4.39. The minimum Gasteiger partial charge on any atom is -0.321 e. The van der Waals surface area contributed by atoms with Crippen LogP contribution in [0.3, 0.4) is 0 Å². The number of hydrogen-bond acceptors (Lipinski definition) is 2. The van der Waals surface area contributed by atoms with Gasteiger partial charge >= 0.3 is 0 Å². The number of rotatable bonds is 5. The Morgan fingerprint density at radius 1 is 0.870 bits per heavy atom. The summed E-state index contributed by atoms with van der Waals surface area (Å²) in [6.07, 6.45) is 0. The lowest BCUT2D eigenvalue weighted by Gasteiger charge is -2.35. The second kappa shape index (κ2) is 6.42. The molecule has 0 atom stereocenters. The molecule has 1 aromatic heterocycles. The normalized spacial score (nSPS) is 12.1. The van der Waals surface area contributed by atoms with E-state index < -0.39 is 0 Å². The van der Waals surface area contributed by atoms with E-state index in [9.17, 15) is 4.79 Å². The summed E-state index contributed by atoms with van der Waals surface area (Å²) < 4.78 is 3.22. The van der Waals surface area contributed by atoms with E-state index in [0.29, 0.717) is 0 Å². The molecule has 0 radical (unpaired) electrons. The Morgan fingerprint density at radius 3 is 2.22 bits per heavy atom. The molecule has 0 saturated heterocycles. The highest BCUT2D eigenvalue weighted by atomic mass is 32.1. The highest BCUT2D eigenvalue weighted by Gasteiger charge is 2.21. The van der Waals surface area contributed by atoms with Gasteiger partial charge in [0.25, 0.3) is 0 Å². The van der Waals surface area contributed by atoms with E-state index in [2.05, 4.69) is 39.0 Å². The van der Waals surface area contributed by atoms with Crippen LogP contribution in [0.15, 0.2) is 47.3 Å². The summed E-state index contributed by atoms with van der Waals surface area (Å²) in [6.45, 7) is 11.1. The number of fused-ring (bicyclic) bond motifs is 2. The molecule has 0 bridgehead atoms. The van der Waals surface area contributed by atoms with Crippen LogP contribution in [0.25, 0.3) is 20.2 Å². The van der Waals surface area contributed by atoms with Gasteiger partial charge in [-0.2, -0.15) is 0 Å². The third kappa shape index (κ3) is 2.91. The Balaban J connectivity index is 2.13. The van der Waals surface area contributed by atoms with Gasteiger partial charge in [0.15, 0.2) is 5.43 Å². The van der Waals surface area contributed by atoms with Gasteiger partial charge in [-0.05, 0) is 45.0 Å². The monoisotopic (exact) mass is 326 g/mol. The zero-order valence-corrected chi connectivity index (χ0v) is 15.0. The molecule has 23 heavy (non-hydrogen) atoms. The Bertz CT molecular complexity index is 885. The van der Waals surface area contributed by atoms with E-state index in [0.717, 1.165) is 50.8 Å². The fourth-order valence-electron chi connectivity index (χ4n) is 3.34. The zero-order valence-electron chi connectivity index (χ0n) is 14.1. The highest BCUT2D eigenvalue weighted by Crippen LogP contribution is 2.26. The van der Waals surface area contributed by atoms with Gasteiger partial charge in [0, 0.05) is 25.7 Å². The molecule has 0 aliphatic rings. The lowest BCUT2D eigenvalue weighted by Crippen LogP contribution is -2.46. The molecule has 0 spiro atoms. The standard InChI is InChI=1S/C20H24NOS/c1-4-21(5-2,6-3)14-15-11-12-19-17(13-15)20(22)16-9-7-8-10-18(16)23-19/h7-13H,4-6,14H2,1-3H3/q+1. The van der Waals surface area contributed by atoms with Crippen LogP contribution in [0.5, 0.6) is 0 Å². The number of hydrogen-bond donors (Lipinski definition) is 0. The number of benzene rings is 2. The first-order valence-corrected chi connectivity index (χ1v) is 9.23. The molecule has 3 aromatic rings. The largest absolute Gasteiger partial charge is 0.321 e. The second-order valence-electron chi connectivity index (χ2n) is 6.21. The van der Waals surface area contributed by atoms with Crippen molar-refractivity contribution in [2.75, 3.05) is 19.6 Å². The summed E-state index contributed by atoms with van der Waals surface area (Å²) in [4.78, 5) is 12.8. The smallest absolute Gasteiger partial charge is 0.195 e. The van der Waals surface area contributed by atoms with Gasteiger partial charge in [0.1, 0.15) is 6.54 Å². The predicted octanol–water partition coefficient (Wildman–Crippen LogP) is 4.79. The molecule has 3 rings (SSSR count). The number of quaternary nitrogens is 1. The van der Waals surface area contributed by atoms with Crippen LogP contribution in [0.2, 0.25) is 0 Å². The first-order valence-electron chi connectivity index (χ1n) is 8.42. The van der Waals surface area contributed by atoms with Crippen LogP contribution in [-0.4, -0.2) is 24.1 Å². The maximum Gasteiger partial charge on any atom is 0.195 e. The first kappa shape index (κ1) is 16.2. The van der Waals surface area contributed by atoms with Crippen LogP contribution >= 0.6 is 11.3 Å². The van der Waals surface area contributed by atoms with Gasteiger partial charge in [0.05, 0.1) is 19.6 Å². The molecule has 0 amide bonds. The summed E-state index contributed by atoms with van der Waals surface area (Å²) in [5.74, 6) is 0. The number of nitrogens with zero attached hydrogens (tertiary/aromatic N) is 1. The van der Waals surface area contributed by atoms with Crippen molar-refractivity contribution in [3.8, 4) is 0 Å². The van der Waals surface area contributed by atoms with E-state index in [1.54, 1.807) is 11.3 Å². The highest BCUT2D eigenvalue weighted by molar-refractivity contribution is 7.24.